The minimum atomic E-state index is -3.58. The van der Waals surface area contributed by atoms with Crippen molar-refractivity contribution in [2.75, 3.05) is 25.5 Å². The number of rotatable bonds is 9. The second-order valence-electron chi connectivity index (χ2n) is 7.34. The molecule has 29 heavy (non-hydrogen) atoms. The van der Waals surface area contributed by atoms with Crippen LogP contribution in [-0.4, -0.2) is 45.9 Å². The van der Waals surface area contributed by atoms with Crippen molar-refractivity contribution >= 4 is 21.6 Å². The Balaban J connectivity index is 2.13. The highest BCUT2D eigenvalue weighted by Crippen LogP contribution is 2.17. The van der Waals surface area contributed by atoms with Crippen LogP contribution < -0.4 is 9.62 Å². The van der Waals surface area contributed by atoms with E-state index in [2.05, 4.69) is 4.72 Å². The summed E-state index contributed by atoms with van der Waals surface area (Å²) in [6.07, 6.45) is 0.705. The van der Waals surface area contributed by atoms with E-state index >= 15 is 0 Å². The van der Waals surface area contributed by atoms with E-state index in [1.165, 1.54) is 12.1 Å². The molecule has 0 bridgehead atoms. The molecule has 7 heteroatoms. The summed E-state index contributed by atoms with van der Waals surface area (Å²) in [4.78, 5) is 16.8. The lowest BCUT2D eigenvalue weighted by atomic mass is 10.1. The van der Waals surface area contributed by atoms with Gasteiger partial charge in [0.05, 0.1) is 4.90 Å². The van der Waals surface area contributed by atoms with Crippen LogP contribution in [0.4, 0.5) is 5.69 Å². The van der Waals surface area contributed by atoms with Crippen molar-refractivity contribution in [2.45, 2.75) is 44.7 Å². The summed E-state index contributed by atoms with van der Waals surface area (Å²) < 4.78 is 27.4. The van der Waals surface area contributed by atoms with Crippen LogP contribution in [0.5, 0.6) is 0 Å². The van der Waals surface area contributed by atoms with Gasteiger partial charge in [0.2, 0.25) is 10.0 Å². The predicted molar refractivity (Wildman–Crippen MR) is 118 cm³/mol. The number of nitrogens with one attached hydrogen (secondary N) is 1. The van der Waals surface area contributed by atoms with Crippen LogP contribution in [0, 0.1) is 0 Å². The first-order chi connectivity index (χ1) is 13.7. The minimum absolute atomic E-state index is 0.122. The Morgan fingerprint density at radius 3 is 2.07 bits per heavy atom. The Bertz CT molecular complexity index is 907. The smallest absolute Gasteiger partial charge is 0.254 e. The number of carbonyl (C=O) groups is 1. The van der Waals surface area contributed by atoms with Gasteiger partial charge in [-0.05, 0) is 62.2 Å². The summed E-state index contributed by atoms with van der Waals surface area (Å²) in [6.45, 7) is 6.73. The third-order valence-corrected chi connectivity index (χ3v) is 6.48. The maximum atomic E-state index is 12.9. The fourth-order valence-electron chi connectivity index (χ4n) is 2.82. The molecule has 0 radical (unpaired) electrons. The second-order valence-corrected chi connectivity index (χ2v) is 9.05. The quantitative estimate of drug-likeness (QED) is 0.678. The third kappa shape index (κ3) is 6.05. The molecule has 158 valence electrons. The van der Waals surface area contributed by atoms with Crippen LogP contribution in [0.1, 0.15) is 43.1 Å². The Kier molecular flexibility index (Phi) is 7.81. The van der Waals surface area contributed by atoms with E-state index in [1.54, 1.807) is 17.0 Å². The van der Waals surface area contributed by atoms with Crippen molar-refractivity contribution < 1.29 is 13.2 Å². The van der Waals surface area contributed by atoms with Gasteiger partial charge in [0.1, 0.15) is 0 Å². The molecule has 0 aliphatic heterocycles. The number of nitrogens with zero attached hydrogens (tertiary/aromatic N) is 2. The molecule has 2 aromatic carbocycles. The van der Waals surface area contributed by atoms with Crippen LogP contribution in [0.3, 0.4) is 0 Å². The van der Waals surface area contributed by atoms with Crippen LogP contribution in [-0.2, 0) is 16.6 Å². The highest BCUT2D eigenvalue weighted by molar-refractivity contribution is 7.89. The number of amides is 1. The Morgan fingerprint density at radius 2 is 1.59 bits per heavy atom. The molecule has 0 saturated heterocycles. The van der Waals surface area contributed by atoms with Crippen molar-refractivity contribution in [1.29, 1.82) is 0 Å². The van der Waals surface area contributed by atoms with Crippen LogP contribution in [0.25, 0.3) is 0 Å². The fourth-order valence-corrected chi connectivity index (χ4v) is 4.15. The van der Waals surface area contributed by atoms with E-state index < -0.39 is 10.0 Å². The predicted octanol–water partition coefficient (Wildman–Crippen LogP) is 3.49. The van der Waals surface area contributed by atoms with Crippen molar-refractivity contribution in [3.63, 3.8) is 0 Å². The lowest BCUT2D eigenvalue weighted by molar-refractivity contribution is 0.0752. The lowest BCUT2D eigenvalue weighted by Crippen LogP contribution is -2.32. The van der Waals surface area contributed by atoms with Gasteiger partial charge in [-0.2, -0.15) is 0 Å². The summed E-state index contributed by atoms with van der Waals surface area (Å²) >= 11 is 0. The SMILES string of the molecule is CCC(C)NS(=O)(=O)c1ccc(C(=O)N(CC)Cc2ccc(N(C)C)cc2)cc1. The zero-order chi connectivity index (χ0) is 21.6. The zero-order valence-electron chi connectivity index (χ0n) is 17.8. The molecule has 0 aliphatic carbocycles. The number of sulfonamides is 1. The Morgan fingerprint density at radius 1 is 1.00 bits per heavy atom. The first-order valence-corrected chi connectivity index (χ1v) is 11.3. The maximum absolute atomic E-state index is 12.9. The van der Waals surface area contributed by atoms with Gasteiger partial charge < -0.3 is 9.80 Å². The molecule has 0 heterocycles. The second kappa shape index (κ2) is 9.89. The minimum Gasteiger partial charge on any atom is -0.378 e. The standard InChI is InChI=1S/C22H31N3O3S/c1-6-17(3)23-29(27,28)21-14-10-19(11-15-21)22(26)25(7-2)16-18-8-12-20(13-9-18)24(4)5/h8-15,17,23H,6-7,16H2,1-5H3. The van der Waals surface area contributed by atoms with Crippen molar-refractivity contribution in [3.05, 3.63) is 59.7 Å². The molecule has 6 nitrogen and oxygen atoms in total. The summed E-state index contributed by atoms with van der Waals surface area (Å²) in [7, 11) is 0.392. The first kappa shape index (κ1) is 22.9. The average molecular weight is 418 g/mol. The van der Waals surface area contributed by atoms with E-state index in [1.807, 2.05) is 64.0 Å². The van der Waals surface area contributed by atoms with Gasteiger partial charge in [-0.15, -0.1) is 0 Å². The third-order valence-electron chi connectivity index (χ3n) is 4.88. The van der Waals surface area contributed by atoms with E-state index in [0.717, 1.165) is 11.3 Å². The van der Waals surface area contributed by atoms with Crippen molar-refractivity contribution in [1.82, 2.24) is 9.62 Å². The van der Waals surface area contributed by atoms with Crippen molar-refractivity contribution in [2.24, 2.45) is 0 Å². The molecule has 1 unspecified atom stereocenters. The lowest BCUT2D eigenvalue weighted by Gasteiger charge is -2.22. The largest absolute Gasteiger partial charge is 0.378 e. The fraction of sp³-hybridized carbons (Fsp3) is 0.409. The number of anilines is 1. The molecule has 1 amide bonds. The van der Waals surface area contributed by atoms with Gasteiger partial charge in [0, 0.05) is 44.5 Å². The summed E-state index contributed by atoms with van der Waals surface area (Å²) in [5, 5.41) is 0. The topological polar surface area (TPSA) is 69.7 Å². The van der Waals surface area contributed by atoms with Crippen molar-refractivity contribution in [3.8, 4) is 0 Å². The van der Waals surface area contributed by atoms with Gasteiger partial charge >= 0.3 is 0 Å². The Hall–Kier alpha value is -2.38. The highest BCUT2D eigenvalue weighted by atomic mass is 32.2. The molecule has 2 rings (SSSR count). The summed E-state index contributed by atoms with van der Waals surface area (Å²) in [6, 6.07) is 14.1. The maximum Gasteiger partial charge on any atom is 0.254 e. The van der Waals surface area contributed by atoms with Gasteiger partial charge in [0.25, 0.3) is 5.91 Å². The molecular weight excluding hydrogens is 386 g/mol. The number of benzene rings is 2. The number of carbonyl (C=O) groups excluding carboxylic acids is 1. The molecule has 1 N–H and O–H groups in total. The van der Waals surface area contributed by atoms with Crippen LogP contribution >= 0.6 is 0 Å². The van der Waals surface area contributed by atoms with E-state index in [9.17, 15) is 13.2 Å². The van der Waals surface area contributed by atoms with Gasteiger partial charge in [-0.3, -0.25) is 4.79 Å². The number of hydrogen-bond donors (Lipinski definition) is 1. The molecule has 2 aromatic rings. The monoisotopic (exact) mass is 417 g/mol. The molecule has 0 fully saturated rings. The average Bonchev–Trinajstić information content (AvgIpc) is 2.71. The molecule has 0 aromatic heterocycles. The number of hydrogen-bond acceptors (Lipinski definition) is 4. The van der Waals surface area contributed by atoms with E-state index in [0.29, 0.717) is 25.1 Å². The first-order valence-electron chi connectivity index (χ1n) is 9.85. The molecule has 0 saturated carbocycles. The van der Waals surface area contributed by atoms with Gasteiger partial charge in [0.15, 0.2) is 0 Å². The van der Waals surface area contributed by atoms with Gasteiger partial charge in [-0.1, -0.05) is 19.1 Å². The highest BCUT2D eigenvalue weighted by Gasteiger charge is 2.19. The molecule has 1 atom stereocenters. The molecular formula is C22H31N3O3S. The summed E-state index contributed by atoms with van der Waals surface area (Å²) in [5.74, 6) is -0.122. The Labute approximate surface area is 174 Å². The van der Waals surface area contributed by atoms with Crippen LogP contribution in [0.2, 0.25) is 0 Å². The van der Waals surface area contributed by atoms with Gasteiger partial charge in [-0.25, -0.2) is 13.1 Å². The zero-order valence-corrected chi connectivity index (χ0v) is 18.7. The van der Waals surface area contributed by atoms with E-state index in [-0.39, 0.29) is 16.8 Å². The van der Waals surface area contributed by atoms with Crippen LogP contribution in [0.15, 0.2) is 53.4 Å². The molecule has 0 spiro atoms. The summed E-state index contributed by atoms with van der Waals surface area (Å²) in [5.41, 5.74) is 2.62. The molecule has 0 aliphatic rings. The van der Waals surface area contributed by atoms with E-state index in [4.69, 9.17) is 0 Å². The normalized spacial score (nSPS) is 12.4.